The third-order valence-electron chi connectivity index (χ3n) is 8.81. The highest BCUT2D eigenvalue weighted by Gasteiger charge is 2.74. The molecule has 0 aliphatic heterocycles. The van der Waals surface area contributed by atoms with Gasteiger partial charge in [-0.25, -0.2) is 0 Å². The van der Waals surface area contributed by atoms with Gasteiger partial charge in [-0.2, -0.15) is 0 Å². The number of carbonyl (C=O) groups is 1. The van der Waals surface area contributed by atoms with Crippen molar-refractivity contribution in [2.24, 2.45) is 39.9 Å². The van der Waals surface area contributed by atoms with Crippen molar-refractivity contribution >= 4 is 5.78 Å². The van der Waals surface area contributed by atoms with Crippen LogP contribution < -0.4 is 0 Å². The molecule has 0 amide bonds. The van der Waals surface area contributed by atoms with Crippen LogP contribution >= 0.6 is 0 Å². The van der Waals surface area contributed by atoms with Crippen LogP contribution in [0.25, 0.3) is 0 Å². The first-order valence-electron chi connectivity index (χ1n) is 9.05. The molecule has 1 unspecified atom stereocenters. The van der Waals surface area contributed by atoms with Gasteiger partial charge in [0.2, 0.25) is 0 Å². The predicted molar refractivity (Wildman–Crippen MR) is 87.2 cm³/mol. The Bertz CT molecular complexity index is 562. The van der Waals surface area contributed by atoms with Gasteiger partial charge in [0.05, 0.1) is 6.10 Å². The summed E-state index contributed by atoms with van der Waals surface area (Å²) in [7, 11) is 0. The van der Waals surface area contributed by atoms with Crippen molar-refractivity contribution in [3.63, 3.8) is 0 Å². The van der Waals surface area contributed by atoms with E-state index < -0.39 is 0 Å². The number of rotatable bonds is 0. The van der Waals surface area contributed by atoms with E-state index in [0.717, 1.165) is 12.8 Å². The van der Waals surface area contributed by atoms with Crippen LogP contribution in [0.15, 0.2) is 12.2 Å². The monoisotopic (exact) mass is 302 g/mol. The Morgan fingerprint density at radius 2 is 1.86 bits per heavy atom. The average Bonchev–Trinajstić information content (AvgIpc) is 2.52. The molecule has 7 atom stereocenters. The Hall–Kier alpha value is -0.630. The highest BCUT2D eigenvalue weighted by Crippen LogP contribution is 2.77. The molecule has 2 heteroatoms. The molecule has 4 fully saturated rings. The van der Waals surface area contributed by atoms with Crippen LogP contribution in [0.3, 0.4) is 0 Å². The maximum atomic E-state index is 12.7. The molecule has 22 heavy (non-hydrogen) atoms. The molecular formula is C20H30O2. The van der Waals surface area contributed by atoms with E-state index in [1.165, 1.54) is 18.4 Å². The summed E-state index contributed by atoms with van der Waals surface area (Å²) in [5, 5.41) is 11.3. The van der Waals surface area contributed by atoms with E-state index in [0.29, 0.717) is 24.0 Å². The quantitative estimate of drug-likeness (QED) is 0.687. The van der Waals surface area contributed by atoms with Crippen molar-refractivity contribution in [3.8, 4) is 0 Å². The summed E-state index contributed by atoms with van der Waals surface area (Å²) in [6.45, 7) is 13.5. The van der Waals surface area contributed by atoms with Gasteiger partial charge in [0.1, 0.15) is 5.78 Å². The van der Waals surface area contributed by atoms with E-state index in [1.807, 2.05) is 0 Å². The summed E-state index contributed by atoms with van der Waals surface area (Å²) in [6, 6.07) is 0. The zero-order chi connectivity index (χ0) is 16.1. The molecule has 4 aliphatic rings. The second-order valence-electron chi connectivity index (χ2n) is 9.54. The van der Waals surface area contributed by atoms with Crippen LogP contribution in [-0.4, -0.2) is 17.0 Å². The van der Waals surface area contributed by atoms with Gasteiger partial charge in [-0.15, -0.1) is 0 Å². The second kappa shape index (κ2) is 4.06. The Morgan fingerprint density at radius 3 is 2.45 bits per heavy atom. The standard InChI is InChI=1S/C20H30O2/c1-11-8-17(22)20-12(2)9-15(21)14(18(20,3)4)10-16(20)19(5)7-6-13(11)19/h12-14,16-17,22H,1,6-10H2,2-5H3/t12-,13-,14-,16+,17?,19-,20-/m1/s1. The molecule has 0 aromatic carbocycles. The van der Waals surface area contributed by atoms with Crippen molar-refractivity contribution in [1.29, 1.82) is 0 Å². The van der Waals surface area contributed by atoms with E-state index in [1.54, 1.807) is 0 Å². The Morgan fingerprint density at radius 1 is 1.18 bits per heavy atom. The first-order chi connectivity index (χ1) is 10.2. The van der Waals surface area contributed by atoms with Crippen molar-refractivity contribution in [2.75, 3.05) is 0 Å². The smallest absolute Gasteiger partial charge is 0.136 e. The Labute approximate surface area is 134 Å². The fraction of sp³-hybridized carbons (Fsp3) is 0.850. The number of hydrogen-bond donors (Lipinski definition) is 1. The van der Waals surface area contributed by atoms with Gasteiger partial charge in [-0.3, -0.25) is 4.79 Å². The molecule has 2 bridgehead atoms. The van der Waals surface area contributed by atoms with E-state index >= 15 is 0 Å². The summed E-state index contributed by atoms with van der Waals surface area (Å²) in [4.78, 5) is 12.7. The van der Waals surface area contributed by atoms with Crippen LogP contribution in [0.5, 0.6) is 0 Å². The number of Topliss-reactive ketones (excluding diaryl/α,β-unsaturated/α-hetero) is 1. The average molecular weight is 302 g/mol. The fourth-order valence-corrected chi connectivity index (χ4v) is 7.80. The number of ketones is 1. The fourth-order valence-electron chi connectivity index (χ4n) is 7.80. The maximum Gasteiger partial charge on any atom is 0.136 e. The zero-order valence-electron chi connectivity index (χ0n) is 14.5. The van der Waals surface area contributed by atoms with Gasteiger partial charge >= 0.3 is 0 Å². The highest BCUT2D eigenvalue weighted by atomic mass is 16.3. The van der Waals surface area contributed by atoms with Crippen LogP contribution in [0.2, 0.25) is 0 Å². The van der Waals surface area contributed by atoms with Crippen LogP contribution in [0.4, 0.5) is 0 Å². The van der Waals surface area contributed by atoms with Gasteiger partial charge < -0.3 is 5.11 Å². The SMILES string of the molecule is C=C1CC(O)[C@@]23[C@H](C)CC(=O)[C@@H](C[C@H]2[C@]2(C)CC[C@H]12)C3(C)C. The van der Waals surface area contributed by atoms with Crippen molar-refractivity contribution < 1.29 is 9.90 Å². The molecular weight excluding hydrogens is 272 g/mol. The topological polar surface area (TPSA) is 37.3 Å². The molecule has 0 aromatic rings. The Balaban J connectivity index is 1.95. The zero-order valence-corrected chi connectivity index (χ0v) is 14.5. The number of aliphatic hydroxyl groups excluding tert-OH is 1. The molecule has 122 valence electrons. The summed E-state index contributed by atoms with van der Waals surface area (Å²) < 4.78 is 0. The molecule has 0 saturated heterocycles. The lowest BCUT2D eigenvalue weighted by molar-refractivity contribution is -0.173. The van der Waals surface area contributed by atoms with Gasteiger partial charge in [-0.05, 0) is 54.3 Å². The maximum absolute atomic E-state index is 12.7. The summed E-state index contributed by atoms with van der Waals surface area (Å²) >= 11 is 0. The number of hydrogen-bond acceptors (Lipinski definition) is 2. The van der Waals surface area contributed by atoms with Gasteiger partial charge in [0.15, 0.2) is 0 Å². The molecule has 4 saturated carbocycles. The normalized spacial score (nSPS) is 56.0. The van der Waals surface area contributed by atoms with Gasteiger partial charge in [0.25, 0.3) is 0 Å². The largest absolute Gasteiger partial charge is 0.392 e. The molecule has 0 heterocycles. The minimum Gasteiger partial charge on any atom is -0.392 e. The number of fused-ring (bicyclic) bond motifs is 3. The van der Waals surface area contributed by atoms with Crippen molar-refractivity contribution in [2.45, 2.75) is 65.9 Å². The number of aliphatic hydroxyl groups is 1. The van der Waals surface area contributed by atoms with Crippen molar-refractivity contribution in [1.82, 2.24) is 0 Å². The molecule has 4 aliphatic carbocycles. The van der Waals surface area contributed by atoms with Gasteiger partial charge in [-0.1, -0.05) is 39.8 Å². The lowest BCUT2D eigenvalue weighted by Crippen LogP contribution is -2.59. The van der Waals surface area contributed by atoms with Crippen LogP contribution in [0.1, 0.15) is 59.8 Å². The molecule has 0 aromatic heterocycles. The van der Waals surface area contributed by atoms with Crippen LogP contribution in [-0.2, 0) is 4.79 Å². The molecule has 1 N–H and O–H groups in total. The van der Waals surface area contributed by atoms with Crippen LogP contribution in [0, 0.1) is 39.9 Å². The third-order valence-corrected chi connectivity index (χ3v) is 8.81. The van der Waals surface area contributed by atoms with Gasteiger partial charge in [0, 0.05) is 17.8 Å². The highest BCUT2D eigenvalue weighted by molar-refractivity contribution is 5.84. The minimum absolute atomic E-state index is 0.0976. The van der Waals surface area contributed by atoms with E-state index in [4.69, 9.17) is 0 Å². The lowest BCUT2D eigenvalue weighted by atomic mass is 9.44. The summed E-state index contributed by atoms with van der Waals surface area (Å²) in [5.41, 5.74) is 1.30. The first kappa shape index (κ1) is 14.9. The van der Waals surface area contributed by atoms with E-state index in [9.17, 15) is 9.90 Å². The molecule has 4 rings (SSSR count). The summed E-state index contributed by atoms with van der Waals surface area (Å²) in [6.07, 6.45) is 4.52. The predicted octanol–water partition coefficient (Wildman–Crippen LogP) is 3.98. The Kier molecular flexibility index (Phi) is 2.76. The van der Waals surface area contributed by atoms with E-state index in [2.05, 4.69) is 34.3 Å². The second-order valence-corrected chi connectivity index (χ2v) is 9.54. The first-order valence-corrected chi connectivity index (χ1v) is 9.05. The third kappa shape index (κ3) is 1.32. The lowest BCUT2D eigenvalue weighted by Gasteiger charge is -2.60. The minimum atomic E-state index is -0.337. The van der Waals surface area contributed by atoms with E-state index in [-0.39, 0.29) is 34.2 Å². The number of carbonyl (C=O) groups excluding carboxylic acids is 1. The molecule has 2 nitrogen and oxygen atoms in total. The molecule has 0 radical (unpaired) electrons. The summed E-state index contributed by atoms with van der Waals surface area (Å²) in [5.74, 6) is 1.89. The molecule has 1 spiro atoms. The van der Waals surface area contributed by atoms with Crippen molar-refractivity contribution in [3.05, 3.63) is 12.2 Å².